The Labute approximate surface area is 122 Å². The third-order valence-corrected chi connectivity index (χ3v) is 6.38. The minimum absolute atomic E-state index is 0.153. The normalized spacial score (nSPS) is 11.5. The maximum absolute atomic E-state index is 12.0. The van der Waals surface area contributed by atoms with Crippen LogP contribution in [0.3, 0.4) is 0 Å². The summed E-state index contributed by atoms with van der Waals surface area (Å²) in [4.78, 5) is 4.02. The highest BCUT2D eigenvalue weighted by Crippen LogP contribution is 2.35. The van der Waals surface area contributed by atoms with E-state index in [-0.39, 0.29) is 4.21 Å². The fraction of sp³-hybridized carbons (Fsp3) is 0.100. The summed E-state index contributed by atoms with van der Waals surface area (Å²) in [7, 11) is -3.61. The molecule has 2 rings (SSSR count). The third-order valence-electron chi connectivity index (χ3n) is 2.05. The summed E-state index contributed by atoms with van der Waals surface area (Å²) in [5.74, 6) is 0. The van der Waals surface area contributed by atoms with E-state index in [9.17, 15) is 8.42 Å². The van der Waals surface area contributed by atoms with E-state index in [0.717, 1.165) is 17.0 Å². The maximum Gasteiger partial charge on any atom is 0.271 e. The molecule has 2 heterocycles. The number of hydrogen-bond donors (Lipinski definition) is 1. The quantitative estimate of drug-likeness (QED) is 0.900. The highest BCUT2D eigenvalue weighted by Gasteiger charge is 2.19. The molecule has 0 radical (unpaired) electrons. The summed E-state index contributed by atoms with van der Waals surface area (Å²) in [6.07, 6.45) is 1.47. The van der Waals surface area contributed by atoms with E-state index in [4.69, 9.17) is 11.6 Å². The summed E-state index contributed by atoms with van der Waals surface area (Å²) in [6.45, 7) is 1.83. The van der Waals surface area contributed by atoms with Gasteiger partial charge in [-0.2, -0.15) is 0 Å². The molecule has 0 aliphatic rings. The zero-order chi connectivity index (χ0) is 13.3. The van der Waals surface area contributed by atoms with Crippen molar-refractivity contribution in [3.8, 4) is 0 Å². The van der Waals surface area contributed by atoms with Gasteiger partial charge in [0.15, 0.2) is 0 Å². The van der Waals surface area contributed by atoms with Gasteiger partial charge in [0.2, 0.25) is 0 Å². The van der Waals surface area contributed by atoms with Crippen molar-refractivity contribution in [2.24, 2.45) is 0 Å². The molecule has 0 unspecified atom stereocenters. The van der Waals surface area contributed by atoms with E-state index in [1.54, 1.807) is 12.1 Å². The number of hydrogen-bond acceptors (Lipinski definition) is 4. The van der Waals surface area contributed by atoms with Crippen molar-refractivity contribution in [3.05, 3.63) is 38.9 Å². The monoisotopic (exact) mass is 366 g/mol. The lowest BCUT2D eigenvalue weighted by molar-refractivity contribution is 0.603. The standard InChI is InChI=1S/C10H8BrClN2O2S2/c1-6-2-3-7(5-13-6)14-18(15,16)9-4-8(12)10(11)17-9/h2-5,14H,1H3. The fourth-order valence-electron chi connectivity index (χ4n) is 1.19. The molecular formula is C10H8BrClN2O2S2. The predicted octanol–water partition coefficient (Wildman–Crippen LogP) is 3.67. The van der Waals surface area contributed by atoms with Crippen molar-refractivity contribution >= 4 is 54.6 Å². The molecule has 0 amide bonds. The fourth-order valence-corrected chi connectivity index (χ4v) is 4.63. The van der Waals surface area contributed by atoms with Crippen LogP contribution < -0.4 is 4.72 Å². The first-order chi connectivity index (χ1) is 8.38. The number of rotatable bonds is 3. The molecule has 2 aromatic heterocycles. The van der Waals surface area contributed by atoms with Crippen molar-refractivity contribution < 1.29 is 8.42 Å². The second-order valence-corrected chi connectivity index (χ2v) is 8.17. The lowest BCUT2D eigenvalue weighted by Gasteiger charge is -2.05. The summed E-state index contributed by atoms with van der Waals surface area (Å²) >= 11 is 10.1. The number of aromatic nitrogens is 1. The van der Waals surface area contributed by atoms with Crippen LogP contribution in [0.15, 0.2) is 32.4 Å². The number of thiophene rings is 1. The predicted molar refractivity (Wildman–Crippen MR) is 76.8 cm³/mol. The van der Waals surface area contributed by atoms with Crippen LogP contribution in [0, 0.1) is 6.92 Å². The molecule has 18 heavy (non-hydrogen) atoms. The van der Waals surface area contributed by atoms with Crippen molar-refractivity contribution in [2.45, 2.75) is 11.1 Å². The van der Waals surface area contributed by atoms with Crippen LogP contribution in [0.5, 0.6) is 0 Å². The molecule has 0 aliphatic carbocycles. The zero-order valence-electron chi connectivity index (χ0n) is 9.15. The molecule has 2 aromatic rings. The van der Waals surface area contributed by atoms with E-state index in [1.165, 1.54) is 12.3 Å². The Bertz CT molecular complexity index is 648. The Hall–Kier alpha value is -0.630. The Balaban J connectivity index is 2.29. The van der Waals surface area contributed by atoms with Crippen LogP contribution in [0.4, 0.5) is 5.69 Å². The Morgan fingerprint density at radius 3 is 2.67 bits per heavy atom. The van der Waals surface area contributed by atoms with Gasteiger partial charge in [-0.15, -0.1) is 11.3 Å². The highest BCUT2D eigenvalue weighted by atomic mass is 79.9. The van der Waals surface area contributed by atoms with Crippen LogP contribution in [0.1, 0.15) is 5.69 Å². The van der Waals surface area contributed by atoms with Gasteiger partial charge in [0.1, 0.15) is 4.21 Å². The second-order valence-electron chi connectivity index (χ2n) is 3.48. The molecular weight excluding hydrogens is 360 g/mol. The number of pyridine rings is 1. The number of nitrogens with one attached hydrogen (secondary N) is 1. The third kappa shape index (κ3) is 3.03. The molecule has 0 saturated carbocycles. The van der Waals surface area contributed by atoms with Gasteiger partial charge in [0, 0.05) is 5.69 Å². The Morgan fingerprint density at radius 2 is 2.17 bits per heavy atom. The largest absolute Gasteiger partial charge is 0.277 e. The summed E-state index contributed by atoms with van der Waals surface area (Å²) in [5.41, 5.74) is 1.24. The molecule has 0 saturated heterocycles. The van der Waals surface area contributed by atoms with Crippen molar-refractivity contribution in [2.75, 3.05) is 4.72 Å². The van der Waals surface area contributed by atoms with Crippen LogP contribution in [0.2, 0.25) is 5.02 Å². The molecule has 96 valence electrons. The number of nitrogens with zero attached hydrogens (tertiary/aromatic N) is 1. The Morgan fingerprint density at radius 1 is 1.44 bits per heavy atom. The number of sulfonamides is 1. The molecule has 0 fully saturated rings. The van der Waals surface area contributed by atoms with Gasteiger partial charge in [0.25, 0.3) is 10.0 Å². The second kappa shape index (κ2) is 5.16. The van der Waals surface area contributed by atoms with Crippen LogP contribution in [-0.2, 0) is 10.0 Å². The lowest BCUT2D eigenvalue weighted by atomic mass is 10.4. The molecule has 0 bridgehead atoms. The zero-order valence-corrected chi connectivity index (χ0v) is 13.1. The van der Waals surface area contributed by atoms with Crippen molar-refractivity contribution in [3.63, 3.8) is 0 Å². The van der Waals surface area contributed by atoms with Crippen molar-refractivity contribution in [1.82, 2.24) is 4.98 Å². The first kappa shape index (κ1) is 13.8. The average Bonchev–Trinajstić information content (AvgIpc) is 2.63. The summed E-state index contributed by atoms with van der Waals surface area (Å²) in [6, 6.07) is 4.79. The van der Waals surface area contributed by atoms with Gasteiger partial charge in [-0.05, 0) is 41.1 Å². The van der Waals surface area contributed by atoms with Crippen LogP contribution in [-0.4, -0.2) is 13.4 Å². The molecule has 4 nitrogen and oxygen atoms in total. The van der Waals surface area contributed by atoms with E-state index < -0.39 is 10.0 Å². The van der Waals surface area contributed by atoms with Crippen LogP contribution in [0.25, 0.3) is 0 Å². The van der Waals surface area contributed by atoms with Gasteiger partial charge in [0.05, 0.1) is 20.7 Å². The van der Waals surface area contributed by atoms with Crippen molar-refractivity contribution in [1.29, 1.82) is 0 Å². The molecule has 0 atom stereocenters. The number of halogens is 2. The van der Waals surface area contributed by atoms with Crippen LogP contribution >= 0.6 is 38.9 Å². The van der Waals surface area contributed by atoms with E-state index in [2.05, 4.69) is 25.6 Å². The van der Waals surface area contributed by atoms with E-state index >= 15 is 0 Å². The van der Waals surface area contributed by atoms with E-state index in [1.807, 2.05) is 6.92 Å². The summed E-state index contributed by atoms with van der Waals surface area (Å²) < 4.78 is 27.3. The lowest BCUT2D eigenvalue weighted by Crippen LogP contribution is -2.11. The minimum atomic E-state index is -3.61. The van der Waals surface area contributed by atoms with Gasteiger partial charge >= 0.3 is 0 Å². The molecule has 0 aliphatic heterocycles. The minimum Gasteiger partial charge on any atom is -0.277 e. The first-order valence-corrected chi connectivity index (χ1v) is 8.26. The van der Waals surface area contributed by atoms with Gasteiger partial charge in [-0.25, -0.2) is 8.42 Å². The Kier molecular flexibility index (Phi) is 3.96. The molecule has 8 heteroatoms. The molecule has 1 N–H and O–H groups in total. The SMILES string of the molecule is Cc1ccc(NS(=O)(=O)c2cc(Cl)c(Br)s2)cn1. The van der Waals surface area contributed by atoms with Gasteiger partial charge < -0.3 is 0 Å². The highest BCUT2D eigenvalue weighted by molar-refractivity contribution is 9.11. The van der Waals surface area contributed by atoms with Gasteiger partial charge in [-0.1, -0.05) is 11.6 Å². The number of aryl methyl sites for hydroxylation is 1. The van der Waals surface area contributed by atoms with E-state index in [0.29, 0.717) is 14.5 Å². The molecule has 0 spiro atoms. The first-order valence-electron chi connectivity index (χ1n) is 4.79. The maximum atomic E-state index is 12.0. The summed E-state index contributed by atoms with van der Waals surface area (Å²) in [5, 5.41) is 0.377. The average molecular weight is 368 g/mol. The topological polar surface area (TPSA) is 59.1 Å². The molecule has 0 aromatic carbocycles. The smallest absolute Gasteiger partial charge is 0.271 e. The number of anilines is 1. The van der Waals surface area contributed by atoms with Gasteiger partial charge in [-0.3, -0.25) is 9.71 Å².